The molecule has 3 atom stereocenters. The van der Waals surface area contributed by atoms with Gasteiger partial charge < -0.3 is 14.4 Å². The monoisotopic (exact) mass is 459 g/mol. The molecule has 1 unspecified atom stereocenters. The maximum Gasteiger partial charge on any atom is 0.332 e. The number of imidazole rings is 1. The maximum atomic E-state index is 12.2. The van der Waals surface area contributed by atoms with Crippen LogP contribution >= 0.6 is 23.2 Å². The normalized spacial score (nSPS) is 23.3. The molecule has 8 heteroatoms. The number of benzene rings is 2. The van der Waals surface area contributed by atoms with Gasteiger partial charge in [0, 0.05) is 48.1 Å². The second-order valence-corrected chi connectivity index (χ2v) is 9.10. The zero-order valence-electron chi connectivity index (χ0n) is 17.0. The molecule has 3 aromatic rings. The lowest BCUT2D eigenvalue weighted by atomic mass is 10.1. The second-order valence-electron chi connectivity index (χ2n) is 8.26. The molecule has 0 bridgehead atoms. The molecule has 1 fully saturated rings. The molecule has 2 aliphatic rings. The summed E-state index contributed by atoms with van der Waals surface area (Å²) in [5.41, 5.74) is 2.72. The van der Waals surface area contributed by atoms with Crippen molar-refractivity contribution in [2.75, 3.05) is 13.1 Å². The summed E-state index contributed by atoms with van der Waals surface area (Å²) in [7, 11) is 1.72. The molecular formula is C23H23Cl2N3O3. The van der Waals surface area contributed by atoms with Crippen LogP contribution in [-0.2, 0) is 13.5 Å². The number of nitrogens with zero attached hydrogens (tertiary/aromatic N) is 3. The lowest BCUT2D eigenvalue weighted by molar-refractivity contribution is 0.0818. The summed E-state index contributed by atoms with van der Waals surface area (Å²) < 4.78 is 9.58. The summed E-state index contributed by atoms with van der Waals surface area (Å²) in [6.07, 6.45) is 4.41. The highest BCUT2D eigenvalue weighted by Gasteiger charge is 2.41. The highest BCUT2D eigenvalue weighted by atomic mass is 35.5. The first kappa shape index (κ1) is 20.6. The van der Waals surface area contributed by atoms with Gasteiger partial charge in [0.1, 0.15) is 11.9 Å². The Hall–Kier alpha value is -2.25. The van der Waals surface area contributed by atoms with Gasteiger partial charge in [-0.2, -0.15) is 0 Å². The zero-order valence-corrected chi connectivity index (χ0v) is 18.6. The quantitative estimate of drug-likeness (QED) is 0.647. The number of aliphatic hydroxyl groups is 1. The van der Waals surface area contributed by atoms with Gasteiger partial charge in [-0.05, 0) is 54.8 Å². The molecule has 0 amide bonds. The number of likely N-dealkylation sites (tertiary alicyclic amines) is 1. The topological polar surface area (TPSA) is 59.6 Å². The van der Waals surface area contributed by atoms with Gasteiger partial charge in [0.25, 0.3) is 0 Å². The molecule has 0 radical (unpaired) electrons. The van der Waals surface area contributed by atoms with Crippen molar-refractivity contribution in [1.82, 2.24) is 14.0 Å². The summed E-state index contributed by atoms with van der Waals surface area (Å²) in [6, 6.07) is 11.2. The molecule has 0 spiro atoms. The lowest BCUT2D eigenvalue weighted by Crippen LogP contribution is -2.39. The first-order valence-corrected chi connectivity index (χ1v) is 11.1. The minimum atomic E-state index is -0.313. The first-order valence-electron chi connectivity index (χ1n) is 10.3. The van der Waals surface area contributed by atoms with E-state index in [-0.39, 0.29) is 23.9 Å². The van der Waals surface area contributed by atoms with E-state index in [1.165, 1.54) is 4.57 Å². The van der Waals surface area contributed by atoms with Crippen LogP contribution in [0.1, 0.15) is 23.7 Å². The van der Waals surface area contributed by atoms with Crippen molar-refractivity contribution in [3.05, 3.63) is 80.4 Å². The van der Waals surface area contributed by atoms with Crippen LogP contribution in [0.15, 0.2) is 53.6 Å². The minimum absolute atomic E-state index is 0.0690. The summed E-state index contributed by atoms with van der Waals surface area (Å²) >= 11 is 12.8. The first-order chi connectivity index (χ1) is 14.9. The molecule has 1 N–H and O–H groups in total. The van der Waals surface area contributed by atoms with Crippen molar-refractivity contribution in [2.45, 2.75) is 31.1 Å². The van der Waals surface area contributed by atoms with E-state index < -0.39 is 0 Å². The summed E-state index contributed by atoms with van der Waals surface area (Å²) in [4.78, 5) is 14.5. The maximum absolute atomic E-state index is 12.2. The zero-order chi connectivity index (χ0) is 21.7. The van der Waals surface area contributed by atoms with E-state index in [0.717, 1.165) is 36.2 Å². The van der Waals surface area contributed by atoms with Crippen molar-refractivity contribution in [3.63, 3.8) is 0 Å². The third-order valence-electron chi connectivity index (χ3n) is 6.25. The Kier molecular flexibility index (Phi) is 5.34. The molecular weight excluding hydrogens is 437 g/mol. The van der Waals surface area contributed by atoms with E-state index in [0.29, 0.717) is 22.3 Å². The molecule has 1 aromatic heterocycles. The van der Waals surface area contributed by atoms with Crippen LogP contribution < -0.4 is 10.4 Å². The second kappa shape index (κ2) is 8.02. The van der Waals surface area contributed by atoms with Crippen molar-refractivity contribution >= 4 is 23.2 Å². The van der Waals surface area contributed by atoms with E-state index in [9.17, 15) is 9.90 Å². The Bertz CT molecular complexity index is 1170. The van der Waals surface area contributed by atoms with E-state index >= 15 is 0 Å². The van der Waals surface area contributed by atoms with E-state index in [2.05, 4.69) is 4.90 Å². The standard InChI is InChI=1S/C23H23Cl2N3O3/c1-26-8-9-28(23(26)30)15-2-4-17(5-3-15)31-22-19-10-14(24)11-20(25)18(19)12-21(22)27-7-6-16(29)13-27/h2-5,8-11,16,21-22,29H,6-7,12-13H2,1H3/t16?,21-,22-/m0/s1. The number of ether oxygens (including phenoxy) is 1. The molecule has 0 saturated carbocycles. The number of aliphatic hydroxyl groups excluding tert-OH is 1. The van der Waals surface area contributed by atoms with Gasteiger partial charge in [0.2, 0.25) is 0 Å². The van der Waals surface area contributed by atoms with Crippen LogP contribution in [0, 0.1) is 0 Å². The minimum Gasteiger partial charge on any atom is -0.484 e. The average molecular weight is 460 g/mol. The molecule has 2 aromatic carbocycles. The van der Waals surface area contributed by atoms with Gasteiger partial charge >= 0.3 is 5.69 Å². The number of hydrogen-bond acceptors (Lipinski definition) is 4. The fourth-order valence-corrected chi connectivity index (χ4v) is 5.23. The number of hydrogen-bond donors (Lipinski definition) is 1. The van der Waals surface area contributed by atoms with Crippen LogP contribution in [0.2, 0.25) is 10.0 Å². The summed E-state index contributed by atoms with van der Waals surface area (Å²) in [6.45, 7) is 1.45. The van der Waals surface area contributed by atoms with Gasteiger partial charge in [-0.3, -0.25) is 9.47 Å². The van der Waals surface area contributed by atoms with Crippen LogP contribution in [-0.4, -0.2) is 44.4 Å². The van der Waals surface area contributed by atoms with E-state index in [1.54, 1.807) is 30.1 Å². The lowest BCUT2D eigenvalue weighted by Gasteiger charge is -2.30. The van der Waals surface area contributed by atoms with Crippen molar-refractivity contribution in [2.24, 2.45) is 7.05 Å². The van der Waals surface area contributed by atoms with Gasteiger partial charge in [0.15, 0.2) is 0 Å². The summed E-state index contributed by atoms with van der Waals surface area (Å²) in [5.74, 6) is 0.700. The highest BCUT2D eigenvalue weighted by Crippen LogP contribution is 2.43. The Morgan fingerprint density at radius 1 is 1.13 bits per heavy atom. The van der Waals surface area contributed by atoms with Crippen molar-refractivity contribution in [3.8, 4) is 11.4 Å². The predicted octanol–water partition coefficient (Wildman–Crippen LogP) is 3.59. The Morgan fingerprint density at radius 3 is 2.55 bits per heavy atom. The van der Waals surface area contributed by atoms with Gasteiger partial charge in [-0.15, -0.1) is 0 Å². The van der Waals surface area contributed by atoms with Gasteiger partial charge in [-0.25, -0.2) is 4.79 Å². The van der Waals surface area contributed by atoms with Crippen LogP contribution in [0.4, 0.5) is 0 Å². The Balaban J connectivity index is 1.45. The molecule has 2 heterocycles. The van der Waals surface area contributed by atoms with Crippen LogP contribution in [0.3, 0.4) is 0 Å². The van der Waals surface area contributed by atoms with Crippen LogP contribution in [0.25, 0.3) is 5.69 Å². The van der Waals surface area contributed by atoms with Crippen molar-refractivity contribution < 1.29 is 9.84 Å². The number of aryl methyl sites for hydroxylation is 1. The highest BCUT2D eigenvalue weighted by molar-refractivity contribution is 6.35. The number of fused-ring (bicyclic) bond motifs is 1. The Morgan fingerprint density at radius 2 is 1.90 bits per heavy atom. The fraction of sp³-hybridized carbons (Fsp3) is 0.348. The largest absolute Gasteiger partial charge is 0.484 e. The Labute approximate surface area is 190 Å². The van der Waals surface area contributed by atoms with Crippen LogP contribution in [0.5, 0.6) is 5.75 Å². The third-order valence-corrected chi connectivity index (χ3v) is 6.81. The molecule has 31 heavy (non-hydrogen) atoms. The molecule has 5 rings (SSSR count). The number of β-amino-alcohol motifs (C(OH)–C–C–N with tert-alkyl or cyclic N) is 1. The van der Waals surface area contributed by atoms with E-state index in [4.69, 9.17) is 27.9 Å². The van der Waals surface area contributed by atoms with E-state index in [1.807, 2.05) is 30.3 Å². The molecule has 1 aliphatic heterocycles. The molecule has 1 aliphatic carbocycles. The van der Waals surface area contributed by atoms with Gasteiger partial charge in [-0.1, -0.05) is 23.2 Å². The SMILES string of the molecule is Cn1ccn(-c2ccc(O[C@H]3c4cc(Cl)cc(Cl)c4C[C@@H]3N3CCC(O)C3)cc2)c1=O. The number of rotatable bonds is 4. The van der Waals surface area contributed by atoms with Crippen molar-refractivity contribution in [1.29, 1.82) is 0 Å². The molecule has 6 nitrogen and oxygen atoms in total. The molecule has 162 valence electrons. The summed E-state index contributed by atoms with van der Waals surface area (Å²) in [5, 5.41) is 11.3. The average Bonchev–Trinajstić information content (AvgIpc) is 3.42. The van der Waals surface area contributed by atoms with Gasteiger partial charge in [0.05, 0.1) is 17.8 Å². The molecule has 1 saturated heterocycles. The third kappa shape index (κ3) is 3.78. The number of halogens is 2. The number of aromatic nitrogens is 2. The predicted molar refractivity (Wildman–Crippen MR) is 121 cm³/mol. The smallest absolute Gasteiger partial charge is 0.332 e. The fourth-order valence-electron chi connectivity index (χ4n) is 4.64.